The number of halogens is 3. The minimum absolute atomic E-state index is 0. The van der Waals surface area contributed by atoms with Crippen molar-refractivity contribution < 1.29 is 9.13 Å². The fourth-order valence-corrected chi connectivity index (χ4v) is 7.20. The Morgan fingerprint density at radius 3 is 2.62 bits per heavy atom. The number of imidazole rings is 1. The maximum Gasteiger partial charge on any atom is 0.323 e. The Morgan fingerprint density at radius 1 is 0.957 bits per heavy atom. The zero-order valence-electron chi connectivity index (χ0n) is 25.5. The number of likely N-dealkylation sites (tertiary alicyclic amines) is 1. The first-order chi connectivity index (χ1) is 21.9. The molecule has 3 aliphatic rings. The molecule has 2 aromatic heterocycles. The summed E-state index contributed by atoms with van der Waals surface area (Å²) in [6.45, 7) is 4.54. The Bertz CT molecular complexity index is 2040. The van der Waals surface area contributed by atoms with Gasteiger partial charge in [-0.25, -0.2) is 19.2 Å². The van der Waals surface area contributed by atoms with Crippen LogP contribution in [0.5, 0.6) is 11.5 Å². The molecule has 1 aliphatic carbocycles. The maximum absolute atomic E-state index is 14.6. The smallest absolute Gasteiger partial charge is 0.323 e. The SMILES string of the molecule is Cl.Cl.N#Cc1ccc(-c2cc(F)ccc2Oc2cncnc2N2CCC3(CCN(Cc4ccc5[nH]c(=O)[nH]c5c4)C3)C2)c(C2CC2)c1. The van der Waals surface area contributed by atoms with Crippen molar-refractivity contribution in [3.05, 3.63) is 100 Å². The van der Waals surface area contributed by atoms with Gasteiger partial charge in [-0.15, -0.1) is 24.8 Å². The van der Waals surface area contributed by atoms with Gasteiger partial charge in [0, 0.05) is 37.2 Å². The normalized spacial score (nSPS) is 19.0. The summed E-state index contributed by atoms with van der Waals surface area (Å²) >= 11 is 0. The molecule has 4 heterocycles. The number of aromatic nitrogens is 4. The predicted molar refractivity (Wildman–Crippen MR) is 183 cm³/mol. The van der Waals surface area contributed by atoms with Crippen LogP contribution >= 0.6 is 24.8 Å². The molecule has 2 saturated heterocycles. The Labute approximate surface area is 283 Å². The van der Waals surface area contributed by atoms with E-state index in [1.807, 2.05) is 18.2 Å². The zero-order chi connectivity index (χ0) is 30.5. The van der Waals surface area contributed by atoms with E-state index in [1.165, 1.54) is 17.7 Å². The van der Waals surface area contributed by atoms with Crippen LogP contribution in [-0.2, 0) is 6.54 Å². The molecular weight excluding hydrogens is 640 g/mol. The molecule has 3 fully saturated rings. The standard InChI is InChI=1S/C35H32FN7O2.2ClH/c36-25-5-8-31(28(15-25)26-6-1-22(16-37)13-27(26)24-3-4-24)45-32-17-38-21-39-33(32)43-12-10-35(20-43)9-11-42(19-35)18-23-2-7-29-30(14-23)41-34(44)40-29;;/h1-2,5-8,13-15,17,21,24H,3-4,9-12,18-20H2,(H2,40,41,44);2*1H. The molecule has 2 aliphatic heterocycles. The molecule has 0 bridgehead atoms. The highest BCUT2D eigenvalue weighted by molar-refractivity contribution is 5.85. The number of hydrogen-bond acceptors (Lipinski definition) is 7. The van der Waals surface area contributed by atoms with Crippen LogP contribution in [0, 0.1) is 22.6 Å². The third-order valence-corrected chi connectivity index (χ3v) is 9.55. The summed E-state index contributed by atoms with van der Waals surface area (Å²) in [5.41, 5.74) is 6.00. The number of rotatable bonds is 7. The highest BCUT2D eigenvalue weighted by Gasteiger charge is 2.44. The summed E-state index contributed by atoms with van der Waals surface area (Å²) in [6, 6.07) is 18.5. The fourth-order valence-electron chi connectivity index (χ4n) is 7.20. The van der Waals surface area contributed by atoms with Crippen molar-refractivity contribution in [2.75, 3.05) is 31.1 Å². The molecule has 12 heteroatoms. The molecule has 0 radical (unpaired) electrons. The van der Waals surface area contributed by atoms with Crippen LogP contribution in [0.2, 0.25) is 0 Å². The summed E-state index contributed by atoms with van der Waals surface area (Å²) in [7, 11) is 0. The lowest BCUT2D eigenvalue weighted by molar-refractivity contribution is 0.270. The number of aromatic amines is 2. The average molecular weight is 675 g/mol. The van der Waals surface area contributed by atoms with E-state index in [9.17, 15) is 14.4 Å². The summed E-state index contributed by atoms with van der Waals surface area (Å²) in [5, 5.41) is 9.48. The van der Waals surface area contributed by atoms with Crippen molar-refractivity contribution in [3.8, 4) is 28.7 Å². The number of anilines is 1. The molecule has 9 nitrogen and oxygen atoms in total. The minimum Gasteiger partial charge on any atom is -0.451 e. The van der Waals surface area contributed by atoms with Crippen molar-refractivity contribution in [1.82, 2.24) is 24.8 Å². The van der Waals surface area contributed by atoms with Crippen LogP contribution in [0.1, 0.15) is 48.3 Å². The van der Waals surface area contributed by atoms with Gasteiger partial charge in [0.1, 0.15) is 17.9 Å². The second-order valence-corrected chi connectivity index (χ2v) is 12.7. The summed E-state index contributed by atoms with van der Waals surface area (Å²) in [6.07, 6.45) is 7.49. The summed E-state index contributed by atoms with van der Waals surface area (Å²) in [5.74, 6) is 1.82. The van der Waals surface area contributed by atoms with Gasteiger partial charge in [-0.3, -0.25) is 4.90 Å². The molecule has 47 heavy (non-hydrogen) atoms. The van der Waals surface area contributed by atoms with Gasteiger partial charge in [0.25, 0.3) is 0 Å². The van der Waals surface area contributed by atoms with E-state index in [1.54, 1.807) is 24.7 Å². The van der Waals surface area contributed by atoms with E-state index >= 15 is 0 Å². The number of fused-ring (bicyclic) bond motifs is 1. The Balaban J connectivity index is 0.00000193. The first-order valence-corrected chi connectivity index (χ1v) is 15.5. The summed E-state index contributed by atoms with van der Waals surface area (Å²) < 4.78 is 21.2. The van der Waals surface area contributed by atoms with Gasteiger partial charge in [0.15, 0.2) is 11.6 Å². The molecule has 8 rings (SSSR count). The lowest BCUT2D eigenvalue weighted by Gasteiger charge is -2.26. The van der Waals surface area contributed by atoms with Gasteiger partial charge in [0.05, 0.1) is 28.9 Å². The molecule has 242 valence electrons. The average Bonchev–Trinajstić information content (AvgIpc) is 3.55. The highest BCUT2D eigenvalue weighted by Crippen LogP contribution is 2.48. The van der Waals surface area contributed by atoms with E-state index in [4.69, 9.17) is 4.74 Å². The van der Waals surface area contributed by atoms with Gasteiger partial charge in [0.2, 0.25) is 0 Å². The van der Waals surface area contributed by atoms with E-state index in [-0.39, 0.29) is 41.7 Å². The minimum atomic E-state index is -0.346. The second-order valence-electron chi connectivity index (χ2n) is 12.7. The van der Waals surface area contributed by atoms with Gasteiger partial charge in [-0.05, 0) is 97.3 Å². The third-order valence-electron chi connectivity index (χ3n) is 9.55. The highest BCUT2D eigenvalue weighted by atomic mass is 35.5. The lowest BCUT2D eigenvalue weighted by Crippen LogP contribution is -2.31. The quantitative estimate of drug-likeness (QED) is 0.192. The first-order valence-electron chi connectivity index (χ1n) is 15.5. The molecule has 1 atom stereocenters. The largest absolute Gasteiger partial charge is 0.451 e. The molecule has 3 aromatic carbocycles. The topological polar surface area (TPSA) is 114 Å². The monoisotopic (exact) mass is 673 g/mol. The fraction of sp³-hybridized carbons (Fsp3) is 0.314. The van der Waals surface area contributed by atoms with Crippen LogP contribution < -0.4 is 15.3 Å². The van der Waals surface area contributed by atoms with E-state index in [0.717, 1.165) is 86.4 Å². The Kier molecular flexibility index (Phi) is 8.99. The van der Waals surface area contributed by atoms with Crippen molar-refractivity contribution in [2.24, 2.45) is 5.41 Å². The molecule has 1 unspecified atom stereocenters. The van der Waals surface area contributed by atoms with Crippen LogP contribution in [0.25, 0.3) is 22.2 Å². The number of ether oxygens (including phenoxy) is 1. The van der Waals surface area contributed by atoms with Gasteiger partial charge < -0.3 is 19.6 Å². The molecule has 1 saturated carbocycles. The third kappa shape index (κ3) is 6.44. The van der Waals surface area contributed by atoms with E-state index < -0.39 is 0 Å². The number of nitrogens with one attached hydrogen (secondary N) is 2. The summed E-state index contributed by atoms with van der Waals surface area (Å²) in [4.78, 5) is 31.1. The first kappa shape index (κ1) is 32.5. The molecule has 5 aromatic rings. The van der Waals surface area contributed by atoms with Crippen molar-refractivity contribution in [1.29, 1.82) is 5.26 Å². The van der Waals surface area contributed by atoms with Gasteiger partial charge in [-0.2, -0.15) is 5.26 Å². The molecule has 1 spiro atoms. The van der Waals surface area contributed by atoms with Crippen LogP contribution in [-0.4, -0.2) is 51.0 Å². The lowest BCUT2D eigenvalue weighted by atomic mass is 9.86. The zero-order valence-corrected chi connectivity index (χ0v) is 27.2. The van der Waals surface area contributed by atoms with Crippen LogP contribution in [0.3, 0.4) is 0 Å². The number of benzene rings is 3. The van der Waals surface area contributed by atoms with Gasteiger partial charge >= 0.3 is 5.69 Å². The predicted octanol–water partition coefficient (Wildman–Crippen LogP) is 6.94. The molecular formula is C35H34Cl2FN7O2. The van der Waals surface area contributed by atoms with E-state index in [2.05, 4.69) is 47.9 Å². The van der Waals surface area contributed by atoms with Crippen molar-refractivity contribution in [2.45, 2.75) is 38.1 Å². The van der Waals surface area contributed by atoms with Crippen LogP contribution in [0.15, 0.2) is 71.9 Å². The molecule has 2 N–H and O–H groups in total. The second kappa shape index (κ2) is 13.0. The Hall–Kier alpha value is -4.43. The van der Waals surface area contributed by atoms with Gasteiger partial charge in [-0.1, -0.05) is 12.1 Å². The maximum atomic E-state index is 14.6. The number of nitriles is 1. The van der Waals surface area contributed by atoms with E-state index in [0.29, 0.717) is 28.5 Å². The number of hydrogen-bond donors (Lipinski definition) is 2. The van der Waals surface area contributed by atoms with Crippen LogP contribution in [0.4, 0.5) is 10.2 Å². The number of nitrogens with zero attached hydrogens (tertiary/aromatic N) is 5. The van der Waals surface area contributed by atoms with Crippen molar-refractivity contribution >= 4 is 41.7 Å². The van der Waals surface area contributed by atoms with Crippen molar-refractivity contribution in [3.63, 3.8) is 0 Å². The number of H-pyrrole nitrogens is 2. The molecule has 0 amide bonds. The Morgan fingerprint density at radius 2 is 1.79 bits per heavy atom.